The van der Waals surface area contributed by atoms with Crippen LogP contribution in [-0.4, -0.2) is 50.5 Å². The van der Waals surface area contributed by atoms with Crippen molar-refractivity contribution in [1.82, 2.24) is 10.2 Å². The van der Waals surface area contributed by atoms with Crippen LogP contribution in [0.1, 0.15) is 51.2 Å². The molecule has 0 fully saturated rings. The molecule has 186 valence electrons. The molecule has 34 heavy (non-hydrogen) atoms. The Labute approximate surface area is 204 Å². The van der Waals surface area contributed by atoms with E-state index >= 15 is 0 Å². The van der Waals surface area contributed by atoms with Gasteiger partial charge in [-0.2, -0.15) is 0 Å². The zero-order chi connectivity index (χ0) is 25.1. The highest BCUT2D eigenvalue weighted by Gasteiger charge is 2.31. The lowest BCUT2D eigenvalue weighted by Gasteiger charge is -2.33. The maximum Gasteiger partial charge on any atom is 0.244 e. The molecule has 0 heterocycles. The summed E-state index contributed by atoms with van der Waals surface area (Å²) < 4.78 is 26.4. The number of unbranched alkanes of at least 4 members (excludes halogenated alkanes) is 1. The first-order valence-corrected chi connectivity index (χ1v) is 13.7. The van der Waals surface area contributed by atoms with Gasteiger partial charge in [-0.25, -0.2) is 8.42 Å². The van der Waals surface area contributed by atoms with Crippen LogP contribution in [0.5, 0.6) is 0 Å². The summed E-state index contributed by atoms with van der Waals surface area (Å²) in [7, 11) is -3.72. The Kier molecular flexibility index (Phi) is 10.6. The number of nitrogens with zero attached hydrogens (tertiary/aromatic N) is 2. The molecule has 2 aromatic carbocycles. The molecule has 1 atom stereocenters. The number of amides is 2. The fourth-order valence-electron chi connectivity index (χ4n) is 3.72. The van der Waals surface area contributed by atoms with Crippen LogP contribution in [-0.2, 0) is 32.6 Å². The lowest BCUT2D eigenvalue weighted by molar-refractivity contribution is -0.140. The van der Waals surface area contributed by atoms with Crippen LogP contribution in [0.25, 0.3) is 0 Å². The molecule has 0 saturated heterocycles. The number of aryl methyl sites for hydroxylation is 1. The van der Waals surface area contributed by atoms with Crippen LogP contribution in [0.15, 0.2) is 54.6 Å². The quantitative estimate of drug-likeness (QED) is 0.436. The molecule has 1 N–H and O–H groups in total. The first kappa shape index (κ1) is 27.4. The van der Waals surface area contributed by atoms with E-state index in [2.05, 4.69) is 5.32 Å². The van der Waals surface area contributed by atoms with Crippen molar-refractivity contribution in [2.45, 2.75) is 59.0 Å². The second-order valence-electron chi connectivity index (χ2n) is 8.37. The summed E-state index contributed by atoms with van der Waals surface area (Å²) in [6.07, 6.45) is 4.13. The summed E-state index contributed by atoms with van der Waals surface area (Å²) in [5.41, 5.74) is 2.37. The van der Waals surface area contributed by atoms with Gasteiger partial charge in [-0.1, -0.05) is 69.7 Å². The smallest absolute Gasteiger partial charge is 0.244 e. The lowest BCUT2D eigenvalue weighted by Crippen LogP contribution is -2.52. The van der Waals surface area contributed by atoms with Gasteiger partial charge in [0.25, 0.3) is 0 Å². The number of carbonyl (C=O) groups excluding carboxylic acids is 2. The van der Waals surface area contributed by atoms with E-state index in [1.165, 1.54) is 4.90 Å². The molecular weight excluding hydrogens is 450 g/mol. The van der Waals surface area contributed by atoms with Crippen molar-refractivity contribution in [3.05, 3.63) is 65.7 Å². The number of hydrogen-bond acceptors (Lipinski definition) is 4. The summed E-state index contributed by atoms with van der Waals surface area (Å²) in [6, 6.07) is 15.8. The third kappa shape index (κ3) is 7.87. The highest BCUT2D eigenvalue weighted by Crippen LogP contribution is 2.20. The zero-order valence-electron chi connectivity index (χ0n) is 20.7. The Hall–Kier alpha value is -2.87. The fraction of sp³-hybridized carbons (Fsp3) is 0.462. The van der Waals surface area contributed by atoms with Crippen LogP contribution < -0.4 is 9.62 Å². The normalized spacial score (nSPS) is 12.1. The molecule has 8 heteroatoms. The SMILES string of the molecule is CCCCNC(=O)[C@H](CC)N(Cc1ccccc1)C(=O)CN(c1ccc(CC)cc1)S(C)(=O)=O. The summed E-state index contributed by atoms with van der Waals surface area (Å²) >= 11 is 0. The van der Waals surface area contributed by atoms with Gasteiger partial charge in [0.1, 0.15) is 12.6 Å². The van der Waals surface area contributed by atoms with Gasteiger partial charge in [-0.15, -0.1) is 0 Å². The maximum atomic E-state index is 13.6. The Morgan fingerprint density at radius 2 is 1.59 bits per heavy atom. The van der Waals surface area contributed by atoms with Gasteiger partial charge < -0.3 is 10.2 Å². The molecule has 0 unspecified atom stereocenters. The minimum Gasteiger partial charge on any atom is -0.354 e. The molecule has 0 aliphatic carbocycles. The number of rotatable bonds is 13. The molecule has 2 amide bonds. The zero-order valence-corrected chi connectivity index (χ0v) is 21.5. The minimum atomic E-state index is -3.72. The standard InChI is InChI=1S/C26H37N3O4S/c1-5-8-18-27-26(31)24(7-3)28(19-22-12-10-9-11-13-22)25(30)20-29(34(4,32)33)23-16-14-21(6-2)15-17-23/h9-17,24H,5-8,18-20H2,1-4H3,(H,27,31)/t24-/m0/s1. The van der Waals surface area contributed by atoms with Crippen molar-refractivity contribution in [2.75, 3.05) is 23.7 Å². The van der Waals surface area contributed by atoms with Crippen LogP contribution in [0, 0.1) is 0 Å². The van der Waals surface area contributed by atoms with Crippen molar-refractivity contribution in [1.29, 1.82) is 0 Å². The number of hydrogen-bond donors (Lipinski definition) is 1. The van der Waals surface area contributed by atoms with Gasteiger partial charge in [-0.3, -0.25) is 13.9 Å². The molecule has 0 spiro atoms. The third-order valence-corrected chi connectivity index (χ3v) is 6.86. The third-order valence-electron chi connectivity index (χ3n) is 5.72. The van der Waals surface area contributed by atoms with Gasteiger partial charge >= 0.3 is 0 Å². The Bertz CT molecular complexity index is 1020. The predicted octanol–water partition coefficient (Wildman–Crippen LogP) is 3.74. The van der Waals surface area contributed by atoms with Gasteiger partial charge in [0.05, 0.1) is 11.9 Å². The Morgan fingerprint density at radius 1 is 0.941 bits per heavy atom. The van der Waals surface area contributed by atoms with Crippen LogP contribution >= 0.6 is 0 Å². The molecule has 0 bridgehead atoms. The highest BCUT2D eigenvalue weighted by molar-refractivity contribution is 7.92. The molecule has 2 aromatic rings. The molecule has 0 aromatic heterocycles. The summed E-state index contributed by atoms with van der Waals surface area (Å²) in [4.78, 5) is 28.0. The van der Waals surface area contributed by atoms with Crippen molar-refractivity contribution < 1.29 is 18.0 Å². The van der Waals surface area contributed by atoms with Gasteiger partial charge in [0.15, 0.2) is 0 Å². The number of benzene rings is 2. The van der Waals surface area contributed by atoms with E-state index in [0.29, 0.717) is 18.7 Å². The van der Waals surface area contributed by atoms with E-state index in [4.69, 9.17) is 0 Å². The average Bonchev–Trinajstić information content (AvgIpc) is 2.82. The van der Waals surface area contributed by atoms with Crippen molar-refractivity contribution in [3.63, 3.8) is 0 Å². The van der Waals surface area contributed by atoms with Gasteiger partial charge in [-0.05, 0) is 42.5 Å². The average molecular weight is 488 g/mol. The highest BCUT2D eigenvalue weighted by atomic mass is 32.2. The van der Waals surface area contributed by atoms with Crippen molar-refractivity contribution in [2.24, 2.45) is 0 Å². The first-order chi connectivity index (χ1) is 16.2. The van der Waals surface area contributed by atoms with Crippen LogP contribution in [0.3, 0.4) is 0 Å². The Balaban J connectivity index is 2.36. The van der Waals surface area contributed by atoms with E-state index in [1.54, 1.807) is 12.1 Å². The van der Waals surface area contributed by atoms with Gasteiger partial charge in [0.2, 0.25) is 21.8 Å². The largest absolute Gasteiger partial charge is 0.354 e. The van der Waals surface area contributed by atoms with E-state index < -0.39 is 22.0 Å². The predicted molar refractivity (Wildman–Crippen MR) is 137 cm³/mol. The topological polar surface area (TPSA) is 86.8 Å². The summed E-state index contributed by atoms with van der Waals surface area (Å²) in [5, 5.41) is 2.92. The van der Waals surface area contributed by atoms with E-state index in [-0.39, 0.29) is 19.0 Å². The number of sulfonamides is 1. The van der Waals surface area contributed by atoms with E-state index in [9.17, 15) is 18.0 Å². The molecule has 2 rings (SSSR count). The monoisotopic (exact) mass is 487 g/mol. The molecule has 0 saturated carbocycles. The molecular formula is C26H37N3O4S. The molecule has 0 aliphatic rings. The second kappa shape index (κ2) is 13.1. The first-order valence-electron chi connectivity index (χ1n) is 11.9. The van der Waals surface area contributed by atoms with Crippen molar-refractivity contribution >= 4 is 27.5 Å². The molecule has 0 aliphatic heterocycles. The summed E-state index contributed by atoms with van der Waals surface area (Å²) in [6.45, 7) is 6.29. The molecule has 7 nitrogen and oxygen atoms in total. The number of anilines is 1. The minimum absolute atomic E-state index is 0.214. The number of carbonyl (C=O) groups is 2. The van der Waals surface area contributed by atoms with E-state index in [0.717, 1.165) is 41.0 Å². The molecule has 0 radical (unpaired) electrons. The Morgan fingerprint density at radius 3 is 2.12 bits per heavy atom. The van der Waals surface area contributed by atoms with Gasteiger partial charge in [0, 0.05) is 13.1 Å². The van der Waals surface area contributed by atoms with Crippen LogP contribution in [0.4, 0.5) is 5.69 Å². The maximum absolute atomic E-state index is 13.6. The fourth-order valence-corrected chi connectivity index (χ4v) is 4.57. The second-order valence-corrected chi connectivity index (χ2v) is 10.3. The lowest BCUT2D eigenvalue weighted by atomic mass is 10.1. The number of nitrogens with one attached hydrogen (secondary N) is 1. The van der Waals surface area contributed by atoms with E-state index in [1.807, 2.05) is 63.2 Å². The van der Waals surface area contributed by atoms with Crippen LogP contribution in [0.2, 0.25) is 0 Å². The summed E-state index contributed by atoms with van der Waals surface area (Å²) in [5.74, 6) is -0.648. The van der Waals surface area contributed by atoms with Crippen molar-refractivity contribution in [3.8, 4) is 0 Å².